The monoisotopic (exact) mass is 455 g/mol. The molecule has 1 unspecified atom stereocenters. The highest BCUT2D eigenvalue weighted by Crippen LogP contribution is 2.35. The van der Waals surface area contributed by atoms with E-state index in [-0.39, 0.29) is 24.7 Å². The molecule has 2 aromatic rings. The Labute approximate surface area is 196 Å². The van der Waals surface area contributed by atoms with Crippen LogP contribution in [-0.4, -0.2) is 54.7 Å². The summed E-state index contributed by atoms with van der Waals surface area (Å²) in [6, 6.07) is 13.4. The molecule has 4 rings (SSSR count). The maximum atomic E-state index is 14.8. The number of alkyl halides is 1. The number of amides is 2. The fourth-order valence-corrected chi connectivity index (χ4v) is 5.20. The highest BCUT2D eigenvalue weighted by molar-refractivity contribution is 5.90. The molecule has 2 saturated heterocycles. The number of para-hydroxylation sites is 1. The molecule has 0 radical (unpaired) electrons. The van der Waals surface area contributed by atoms with Crippen LogP contribution in [0.3, 0.4) is 0 Å². The average Bonchev–Trinajstić information content (AvgIpc) is 2.85. The SMILES string of the molecule is Cc1ccc(C2CCN(C(=O)Nc3c(F)cccc3C3CCN(C(C)CF)CC3)CC2)cc1. The summed E-state index contributed by atoms with van der Waals surface area (Å²) in [6.45, 7) is 6.52. The third kappa shape index (κ3) is 5.55. The zero-order valence-corrected chi connectivity index (χ0v) is 19.7. The van der Waals surface area contributed by atoms with Gasteiger partial charge >= 0.3 is 6.03 Å². The highest BCUT2D eigenvalue weighted by atomic mass is 19.1. The lowest BCUT2D eigenvalue weighted by molar-refractivity contribution is 0.140. The molecule has 33 heavy (non-hydrogen) atoms. The van der Waals surface area contributed by atoms with Crippen molar-refractivity contribution >= 4 is 11.7 Å². The number of nitrogens with zero attached hydrogens (tertiary/aromatic N) is 2. The molecule has 2 heterocycles. The number of halogens is 2. The van der Waals surface area contributed by atoms with Gasteiger partial charge in [-0.2, -0.15) is 0 Å². The van der Waals surface area contributed by atoms with Crippen molar-refractivity contribution in [1.82, 2.24) is 9.80 Å². The van der Waals surface area contributed by atoms with Gasteiger partial charge in [0.25, 0.3) is 0 Å². The summed E-state index contributed by atoms with van der Waals surface area (Å²) >= 11 is 0. The first-order valence-electron chi connectivity index (χ1n) is 12.2. The van der Waals surface area contributed by atoms with E-state index < -0.39 is 5.82 Å². The average molecular weight is 456 g/mol. The number of benzene rings is 2. The van der Waals surface area contributed by atoms with Crippen molar-refractivity contribution in [3.05, 3.63) is 65.0 Å². The molecule has 1 N–H and O–H groups in total. The van der Waals surface area contributed by atoms with Gasteiger partial charge < -0.3 is 10.2 Å². The molecule has 0 saturated carbocycles. The first-order valence-corrected chi connectivity index (χ1v) is 12.2. The Balaban J connectivity index is 1.38. The number of piperidine rings is 2. The van der Waals surface area contributed by atoms with Gasteiger partial charge in [-0.15, -0.1) is 0 Å². The van der Waals surface area contributed by atoms with Crippen molar-refractivity contribution < 1.29 is 13.6 Å². The number of carbonyl (C=O) groups excluding carboxylic acids is 1. The van der Waals surface area contributed by atoms with E-state index in [0.717, 1.165) is 44.3 Å². The summed E-state index contributed by atoms with van der Waals surface area (Å²) in [5, 5.41) is 2.89. The van der Waals surface area contributed by atoms with Crippen LogP contribution in [0.15, 0.2) is 42.5 Å². The van der Waals surface area contributed by atoms with Gasteiger partial charge in [-0.05, 0) is 81.6 Å². The van der Waals surface area contributed by atoms with Gasteiger partial charge in [0.2, 0.25) is 0 Å². The van der Waals surface area contributed by atoms with E-state index in [1.807, 2.05) is 13.0 Å². The van der Waals surface area contributed by atoms with Crippen LogP contribution in [0.5, 0.6) is 0 Å². The van der Waals surface area contributed by atoms with Crippen LogP contribution in [0.1, 0.15) is 61.1 Å². The molecule has 178 valence electrons. The number of hydrogen-bond donors (Lipinski definition) is 1. The van der Waals surface area contributed by atoms with Crippen LogP contribution >= 0.6 is 0 Å². The lowest BCUT2D eigenvalue weighted by Gasteiger charge is -2.36. The molecule has 2 aliphatic heterocycles. The summed E-state index contributed by atoms with van der Waals surface area (Å²) in [5.41, 5.74) is 3.73. The first-order chi connectivity index (χ1) is 16.0. The van der Waals surface area contributed by atoms with E-state index in [1.165, 1.54) is 17.2 Å². The minimum atomic E-state index is -0.394. The van der Waals surface area contributed by atoms with E-state index in [0.29, 0.717) is 24.7 Å². The van der Waals surface area contributed by atoms with Crippen LogP contribution in [0.25, 0.3) is 0 Å². The molecule has 0 spiro atoms. The normalized spacial score (nSPS) is 19.5. The van der Waals surface area contributed by atoms with E-state index in [2.05, 4.69) is 41.4 Å². The van der Waals surface area contributed by atoms with Crippen LogP contribution < -0.4 is 5.32 Å². The second-order valence-electron chi connectivity index (χ2n) is 9.62. The Morgan fingerprint density at radius 1 is 1.00 bits per heavy atom. The lowest BCUT2D eigenvalue weighted by atomic mass is 9.87. The Kier molecular flexibility index (Phi) is 7.63. The summed E-state index contributed by atoms with van der Waals surface area (Å²) in [6.07, 6.45) is 3.48. The molecular weight excluding hydrogens is 420 g/mol. The van der Waals surface area contributed by atoms with Crippen molar-refractivity contribution in [3.8, 4) is 0 Å². The molecule has 0 bridgehead atoms. The van der Waals surface area contributed by atoms with Gasteiger partial charge in [0.1, 0.15) is 12.5 Å². The van der Waals surface area contributed by atoms with Gasteiger partial charge in [-0.1, -0.05) is 42.0 Å². The molecule has 0 aliphatic carbocycles. The molecule has 2 aromatic carbocycles. The van der Waals surface area contributed by atoms with Crippen molar-refractivity contribution in [2.45, 2.75) is 57.4 Å². The second-order valence-corrected chi connectivity index (χ2v) is 9.62. The van der Waals surface area contributed by atoms with Crippen molar-refractivity contribution in [3.63, 3.8) is 0 Å². The maximum absolute atomic E-state index is 14.8. The highest BCUT2D eigenvalue weighted by Gasteiger charge is 2.28. The predicted molar refractivity (Wildman–Crippen MR) is 129 cm³/mol. The maximum Gasteiger partial charge on any atom is 0.321 e. The third-order valence-electron chi connectivity index (χ3n) is 7.42. The standard InChI is InChI=1S/C27H35F2N3O/c1-19-6-8-21(9-7-19)22-10-16-32(17-11-22)27(33)30-26-24(4-3-5-25(26)29)23-12-14-31(15-13-23)20(2)18-28/h3-9,20,22-23H,10-18H2,1-2H3,(H,30,33). The summed E-state index contributed by atoms with van der Waals surface area (Å²) in [5.74, 6) is 0.219. The Morgan fingerprint density at radius 3 is 2.27 bits per heavy atom. The zero-order chi connectivity index (χ0) is 23.4. The molecule has 6 heteroatoms. The number of rotatable bonds is 5. The van der Waals surface area contributed by atoms with E-state index in [1.54, 1.807) is 11.0 Å². The molecule has 1 atom stereocenters. The number of urea groups is 1. The van der Waals surface area contributed by atoms with Gasteiger partial charge in [0.05, 0.1) is 5.69 Å². The lowest BCUT2D eigenvalue weighted by Crippen LogP contribution is -2.41. The van der Waals surface area contributed by atoms with Crippen LogP contribution in [0.4, 0.5) is 19.3 Å². The molecule has 2 amide bonds. The van der Waals surface area contributed by atoms with E-state index >= 15 is 0 Å². The summed E-state index contributed by atoms with van der Waals surface area (Å²) in [7, 11) is 0. The molecule has 4 nitrogen and oxygen atoms in total. The van der Waals surface area contributed by atoms with E-state index in [4.69, 9.17) is 0 Å². The Hall–Kier alpha value is -2.47. The fraction of sp³-hybridized carbons (Fsp3) is 0.519. The van der Waals surface area contributed by atoms with Crippen molar-refractivity contribution in [1.29, 1.82) is 0 Å². The second kappa shape index (κ2) is 10.6. The third-order valence-corrected chi connectivity index (χ3v) is 7.42. The van der Waals surface area contributed by atoms with Crippen molar-refractivity contribution in [2.75, 3.05) is 38.2 Å². The van der Waals surface area contributed by atoms with Gasteiger partial charge in [0.15, 0.2) is 0 Å². The number of anilines is 1. The number of nitrogens with one attached hydrogen (secondary N) is 1. The Morgan fingerprint density at radius 2 is 1.64 bits per heavy atom. The molecule has 2 fully saturated rings. The van der Waals surface area contributed by atoms with Crippen molar-refractivity contribution in [2.24, 2.45) is 0 Å². The fourth-order valence-electron chi connectivity index (χ4n) is 5.20. The quantitative estimate of drug-likeness (QED) is 0.593. The molecular formula is C27H35F2N3O. The number of hydrogen-bond acceptors (Lipinski definition) is 2. The minimum Gasteiger partial charge on any atom is -0.324 e. The number of aryl methyl sites for hydroxylation is 1. The summed E-state index contributed by atoms with van der Waals surface area (Å²) in [4.78, 5) is 17.0. The smallest absolute Gasteiger partial charge is 0.321 e. The largest absolute Gasteiger partial charge is 0.324 e. The first kappa shape index (κ1) is 23.7. The molecule has 0 aromatic heterocycles. The topological polar surface area (TPSA) is 35.6 Å². The Bertz CT molecular complexity index is 933. The molecule has 2 aliphatic rings. The predicted octanol–water partition coefficient (Wildman–Crippen LogP) is 6.08. The van der Waals surface area contributed by atoms with Gasteiger partial charge in [0, 0.05) is 19.1 Å². The minimum absolute atomic E-state index is 0.0829. The van der Waals surface area contributed by atoms with Gasteiger partial charge in [-0.25, -0.2) is 13.6 Å². The van der Waals surface area contributed by atoms with Crippen LogP contribution in [-0.2, 0) is 0 Å². The van der Waals surface area contributed by atoms with Crippen LogP contribution in [0.2, 0.25) is 0 Å². The number of likely N-dealkylation sites (tertiary alicyclic amines) is 2. The zero-order valence-electron chi connectivity index (χ0n) is 19.7. The van der Waals surface area contributed by atoms with E-state index in [9.17, 15) is 13.6 Å². The summed E-state index contributed by atoms with van der Waals surface area (Å²) < 4.78 is 27.8. The van der Waals surface area contributed by atoms with Crippen LogP contribution in [0, 0.1) is 12.7 Å². The van der Waals surface area contributed by atoms with Gasteiger partial charge in [-0.3, -0.25) is 4.90 Å². The number of carbonyl (C=O) groups is 1.